The van der Waals surface area contributed by atoms with Crippen molar-refractivity contribution in [3.63, 3.8) is 0 Å². The van der Waals surface area contributed by atoms with Crippen molar-refractivity contribution in [2.24, 2.45) is 5.41 Å². The molecule has 0 unspecified atom stereocenters. The van der Waals surface area contributed by atoms with Gasteiger partial charge in [0.05, 0.1) is 0 Å². The number of hydrogen-bond donors (Lipinski definition) is 0. The van der Waals surface area contributed by atoms with Gasteiger partial charge in [0.25, 0.3) is 0 Å². The fraction of sp³-hybridized carbons (Fsp3) is 0.556. The Morgan fingerprint density at radius 1 is 0.867 bits per heavy atom. The maximum absolute atomic E-state index is 4.01. The van der Waals surface area contributed by atoms with Gasteiger partial charge >= 0.3 is 0 Å². The van der Waals surface area contributed by atoms with E-state index in [2.05, 4.69) is 40.5 Å². The molecule has 0 aromatic carbocycles. The zero-order chi connectivity index (χ0) is 6.62. The summed E-state index contributed by atoms with van der Waals surface area (Å²) >= 11 is 0. The molecule has 0 bridgehead atoms. The Hall–Kier alpha value is 6.62. The van der Waals surface area contributed by atoms with E-state index in [-0.39, 0.29) is 209 Å². The molecular formula is C9H18Y6-4. The molecule has 0 aliphatic carbocycles. The average molecular weight is 660 g/mol. The fourth-order valence-electron chi connectivity index (χ4n) is 0.575. The Balaban J connectivity index is -0.0000000117. The van der Waals surface area contributed by atoms with Crippen LogP contribution in [-0.4, -0.2) is 0 Å². The van der Waals surface area contributed by atoms with Crippen molar-refractivity contribution in [1.29, 1.82) is 0 Å². The molecule has 0 saturated carbocycles. The van der Waals surface area contributed by atoms with Crippen LogP contribution in [0.2, 0.25) is 0 Å². The first-order valence-electron chi connectivity index (χ1n) is 3.15. The molecule has 0 fully saturated rings. The summed E-state index contributed by atoms with van der Waals surface area (Å²) in [6.45, 7) is 10.3. The smallest absolute Gasteiger partial charge is 0 e. The zero-order valence-electron chi connectivity index (χ0n) is 10.5. The van der Waals surface area contributed by atoms with Crippen LogP contribution < -0.4 is 0 Å². The summed E-state index contributed by atoms with van der Waals surface area (Å²) in [5, 5.41) is 0. The average Bonchev–Trinajstić information content (AvgIpc) is 1.87. The molecule has 0 amide bonds. The van der Waals surface area contributed by atoms with Crippen LogP contribution in [0.4, 0.5) is 0 Å². The van der Waals surface area contributed by atoms with Gasteiger partial charge < -0.3 is 32.6 Å². The van der Waals surface area contributed by atoms with Gasteiger partial charge in [-0.3, -0.25) is 0 Å². The topological polar surface area (TPSA) is 0 Å². The molecule has 0 atom stereocenters. The van der Waals surface area contributed by atoms with Gasteiger partial charge in [-0.2, -0.15) is 13.8 Å². The van der Waals surface area contributed by atoms with Gasteiger partial charge in [-0.25, -0.2) is 0 Å². The molecule has 0 aliphatic rings. The summed E-state index contributed by atoms with van der Waals surface area (Å²) in [7, 11) is 0. The summed E-state index contributed by atoms with van der Waals surface area (Å²) in [5.74, 6) is 0. The van der Waals surface area contributed by atoms with E-state index in [9.17, 15) is 0 Å². The van der Waals surface area contributed by atoms with Crippen molar-refractivity contribution in [1.82, 2.24) is 0 Å². The van der Waals surface area contributed by atoms with Crippen LogP contribution in [0, 0.1) is 32.6 Å². The number of rotatable bonds is 3. The summed E-state index contributed by atoms with van der Waals surface area (Å²) in [5.41, 5.74) is 0.125. The second-order valence-corrected chi connectivity index (χ2v) is 2.16. The van der Waals surface area contributed by atoms with Crippen LogP contribution >= 0.6 is 0 Å². The molecule has 6 radical (unpaired) electrons. The monoisotopic (exact) mass is 660 g/mol. The number of hydrogen-bond acceptors (Lipinski definition) is 0. The molecule has 6 heteroatoms. The largest absolute Gasteiger partial charge is 0.430 e. The minimum atomic E-state index is 0. The van der Waals surface area contributed by atoms with Crippen LogP contribution in [-0.2, 0) is 196 Å². The molecule has 0 nitrogen and oxygen atoms in total. The van der Waals surface area contributed by atoms with Crippen molar-refractivity contribution in [3.05, 3.63) is 27.2 Å². The zero-order valence-corrected chi connectivity index (χ0v) is 27.6. The molecule has 0 spiro atoms. The second-order valence-electron chi connectivity index (χ2n) is 2.16. The van der Waals surface area contributed by atoms with Crippen LogP contribution in [0.5, 0.6) is 0 Å². The van der Waals surface area contributed by atoms with Crippen LogP contribution in [0.25, 0.3) is 0 Å². The summed E-state index contributed by atoms with van der Waals surface area (Å²) < 4.78 is 0. The molecule has 0 aromatic heterocycles. The third-order valence-electron chi connectivity index (χ3n) is 1.81. The predicted molar refractivity (Wildman–Crippen MR) is 44.4 cm³/mol. The van der Waals surface area contributed by atoms with Crippen LogP contribution in [0.3, 0.4) is 0 Å². The molecule has 0 saturated heterocycles. The van der Waals surface area contributed by atoms with E-state index in [1.165, 1.54) is 0 Å². The molecule has 0 heterocycles. The molecule has 0 N–H and O–H groups in total. The molecule has 0 rings (SSSR count). The SMILES string of the molecule is [CH2-]C([CH-]C)([CH-]C)CC.[CH3-].[Y].[Y].[Y].[Y].[Y].[Y]. The minimum absolute atomic E-state index is 0. The van der Waals surface area contributed by atoms with E-state index >= 15 is 0 Å². The van der Waals surface area contributed by atoms with E-state index in [4.69, 9.17) is 0 Å². The minimum Gasteiger partial charge on any atom is -0.430 e. The molecule has 76 valence electrons. The maximum Gasteiger partial charge on any atom is 0 e. The van der Waals surface area contributed by atoms with Crippen LogP contribution in [0.15, 0.2) is 0 Å². The van der Waals surface area contributed by atoms with Gasteiger partial charge in [0, 0.05) is 196 Å². The Kier molecular flexibility index (Phi) is 107. The van der Waals surface area contributed by atoms with E-state index in [0.717, 1.165) is 6.42 Å². The van der Waals surface area contributed by atoms with E-state index in [1.807, 2.05) is 0 Å². The maximum atomic E-state index is 4.01. The fourth-order valence-corrected chi connectivity index (χ4v) is 0.575. The molecule has 0 aliphatic heterocycles. The Labute approximate surface area is 249 Å². The summed E-state index contributed by atoms with van der Waals surface area (Å²) in [4.78, 5) is 0. The molecule has 0 aromatic rings. The van der Waals surface area contributed by atoms with Gasteiger partial charge in [0.15, 0.2) is 0 Å². The molecular weight excluding hydrogens is 642 g/mol. The van der Waals surface area contributed by atoms with Gasteiger partial charge in [-0.15, -0.1) is 6.42 Å². The van der Waals surface area contributed by atoms with Gasteiger partial charge in [-0.1, -0.05) is 6.92 Å². The predicted octanol–water partition coefficient (Wildman–Crippen LogP) is 3.10. The first kappa shape index (κ1) is 49.6. The Morgan fingerprint density at radius 3 is 1.07 bits per heavy atom. The van der Waals surface area contributed by atoms with Crippen molar-refractivity contribution in [2.45, 2.75) is 27.2 Å². The van der Waals surface area contributed by atoms with Crippen molar-refractivity contribution in [3.8, 4) is 0 Å². The van der Waals surface area contributed by atoms with Gasteiger partial charge in [0.2, 0.25) is 0 Å². The normalized spacial score (nSPS) is 6.40. The van der Waals surface area contributed by atoms with E-state index in [1.54, 1.807) is 0 Å². The Bertz CT molecular complexity index is 57.4. The first-order chi connectivity index (χ1) is 3.68. The third-order valence-corrected chi connectivity index (χ3v) is 1.81. The second kappa shape index (κ2) is 32.5. The first-order valence-corrected chi connectivity index (χ1v) is 3.15. The van der Waals surface area contributed by atoms with Crippen molar-refractivity contribution in [2.75, 3.05) is 0 Å². The quantitative estimate of drug-likeness (QED) is 0.409. The van der Waals surface area contributed by atoms with Crippen LogP contribution in [0.1, 0.15) is 27.2 Å². The third kappa shape index (κ3) is 29.3. The van der Waals surface area contributed by atoms with Gasteiger partial charge in [0.1, 0.15) is 0 Å². The van der Waals surface area contributed by atoms with E-state index in [0.29, 0.717) is 0 Å². The van der Waals surface area contributed by atoms with Crippen molar-refractivity contribution >= 4 is 0 Å². The van der Waals surface area contributed by atoms with E-state index < -0.39 is 0 Å². The summed E-state index contributed by atoms with van der Waals surface area (Å²) in [6.07, 6.45) is 5.36. The van der Waals surface area contributed by atoms with Gasteiger partial charge in [-0.05, 0) is 0 Å². The summed E-state index contributed by atoms with van der Waals surface area (Å²) in [6, 6.07) is 0. The molecule has 15 heavy (non-hydrogen) atoms. The van der Waals surface area contributed by atoms with Crippen molar-refractivity contribution < 1.29 is 196 Å². The standard InChI is InChI=1S/C8H15.CH3.6Y/c1-5-8(4,6-2)7-3;;;;;;;/h5-6H,4,7H2,1-3H3;1H3;;;;;;/q-3;-1;;;;;;. The Morgan fingerprint density at radius 2 is 1.07 bits per heavy atom.